The Labute approximate surface area is 119 Å². The van der Waals surface area contributed by atoms with Crippen molar-refractivity contribution >= 4 is 0 Å². The highest BCUT2D eigenvalue weighted by molar-refractivity contribution is 4.97. The van der Waals surface area contributed by atoms with Crippen LogP contribution in [0.3, 0.4) is 0 Å². The third kappa shape index (κ3) is 3.47. The molecule has 2 heterocycles. The summed E-state index contributed by atoms with van der Waals surface area (Å²) in [4.78, 5) is 3.33. The highest BCUT2D eigenvalue weighted by Gasteiger charge is 2.49. The van der Waals surface area contributed by atoms with Crippen LogP contribution in [-0.4, -0.2) is 56.4 Å². The van der Waals surface area contributed by atoms with Gasteiger partial charge < -0.3 is 23.8 Å². The number of nitrogens with zero attached hydrogens (tertiary/aromatic N) is 2. The minimum atomic E-state index is -0.145. The molecule has 2 saturated heterocycles. The maximum Gasteiger partial charge on any atom is 0.240 e. The lowest BCUT2D eigenvalue weighted by atomic mass is 10.1. The summed E-state index contributed by atoms with van der Waals surface area (Å²) in [6, 6.07) is 2.09. The molecule has 0 aromatic heterocycles. The minimum Gasteiger partial charge on any atom is -0.370 e. The van der Waals surface area contributed by atoms with Gasteiger partial charge in [-0.1, -0.05) is 0 Å². The number of rotatable bonds is 6. The van der Waals surface area contributed by atoms with Crippen molar-refractivity contribution < 1.29 is 18.9 Å². The van der Waals surface area contributed by atoms with Gasteiger partial charge in [0, 0.05) is 0 Å². The zero-order valence-corrected chi connectivity index (χ0v) is 11.8. The largest absolute Gasteiger partial charge is 0.370 e. The van der Waals surface area contributed by atoms with Crippen LogP contribution >= 0.6 is 0 Å². The number of nitriles is 1. The molecule has 4 unspecified atom stereocenters. The van der Waals surface area contributed by atoms with E-state index in [2.05, 4.69) is 10.9 Å². The molecular formula is C14H20N2O4. The van der Waals surface area contributed by atoms with Gasteiger partial charge >= 0.3 is 0 Å². The lowest BCUT2D eigenvalue weighted by Crippen LogP contribution is -2.36. The van der Waals surface area contributed by atoms with Crippen molar-refractivity contribution in [2.45, 2.75) is 56.9 Å². The summed E-state index contributed by atoms with van der Waals surface area (Å²) in [5, 5.41) is 8.65. The van der Waals surface area contributed by atoms with Gasteiger partial charge in [0.25, 0.3) is 0 Å². The number of fused-ring (bicyclic) bond motifs is 1. The van der Waals surface area contributed by atoms with E-state index < -0.39 is 0 Å². The lowest BCUT2D eigenvalue weighted by Gasteiger charge is -2.20. The van der Waals surface area contributed by atoms with Gasteiger partial charge in [0.15, 0.2) is 0 Å². The van der Waals surface area contributed by atoms with E-state index in [9.17, 15) is 0 Å². The summed E-state index contributed by atoms with van der Waals surface area (Å²) in [6.45, 7) is 11.9. The fourth-order valence-electron chi connectivity index (χ4n) is 2.61. The predicted molar refractivity (Wildman–Crippen MR) is 69.8 cm³/mol. The Hall–Kier alpha value is -1.18. The molecule has 6 atom stereocenters. The zero-order chi connectivity index (χ0) is 14.5. The first kappa shape index (κ1) is 15.2. The van der Waals surface area contributed by atoms with E-state index in [0.717, 1.165) is 0 Å². The van der Waals surface area contributed by atoms with E-state index in [4.69, 9.17) is 30.8 Å². The average molecular weight is 280 g/mol. The van der Waals surface area contributed by atoms with Gasteiger partial charge in [0.1, 0.15) is 30.5 Å². The highest BCUT2D eigenvalue weighted by atomic mass is 16.6. The van der Waals surface area contributed by atoms with Crippen molar-refractivity contribution in [2.24, 2.45) is 0 Å². The molecule has 0 amide bonds. The number of hydrogen-bond donors (Lipinski definition) is 0. The Morgan fingerprint density at radius 1 is 1.20 bits per heavy atom. The van der Waals surface area contributed by atoms with Crippen LogP contribution in [0.4, 0.5) is 0 Å². The number of ether oxygens (including phenoxy) is 4. The maximum atomic E-state index is 8.65. The Morgan fingerprint density at radius 2 is 1.75 bits per heavy atom. The molecule has 20 heavy (non-hydrogen) atoms. The fourth-order valence-corrected chi connectivity index (χ4v) is 2.61. The summed E-state index contributed by atoms with van der Waals surface area (Å²) < 4.78 is 23.0. The van der Waals surface area contributed by atoms with Crippen LogP contribution in [0.25, 0.3) is 4.85 Å². The molecule has 0 aromatic rings. The highest BCUT2D eigenvalue weighted by Crippen LogP contribution is 2.31. The van der Waals surface area contributed by atoms with Crippen molar-refractivity contribution in [1.82, 2.24) is 0 Å². The smallest absolute Gasteiger partial charge is 0.240 e. The second kappa shape index (κ2) is 7.01. The van der Waals surface area contributed by atoms with Crippen LogP contribution < -0.4 is 0 Å². The van der Waals surface area contributed by atoms with Gasteiger partial charge in [-0.15, -0.1) is 0 Å². The summed E-state index contributed by atoms with van der Waals surface area (Å²) in [6.07, 6.45) is -0.457. The molecule has 0 aromatic carbocycles. The molecule has 0 aliphatic carbocycles. The molecule has 2 rings (SSSR count). The van der Waals surface area contributed by atoms with Gasteiger partial charge in [0.05, 0.1) is 31.8 Å². The topological polar surface area (TPSA) is 65.1 Å². The van der Waals surface area contributed by atoms with E-state index in [1.807, 2.05) is 13.8 Å². The molecular weight excluding hydrogens is 260 g/mol. The van der Waals surface area contributed by atoms with E-state index in [1.54, 1.807) is 0 Å². The van der Waals surface area contributed by atoms with Crippen molar-refractivity contribution in [2.75, 3.05) is 19.8 Å². The SMILES string of the molecule is [C-]#[N+]CC(C)O[C@H]1COC2C1OC[C@@H]2OC(C)CC#N. The van der Waals surface area contributed by atoms with Crippen molar-refractivity contribution in [1.29, 1.82) is 5.26 Å². The fraction of sp³-hybridized carbons (Fsp3) is 0.857. The Kier molecular flexibility index (Phi) is 5.33. The summed E-state index contributed by atoms with van der Waals surface area (Å²) in [7, 11) is 0. The van der Waals surface area contributed by atoms with Crippen LogP contribution in [-0.2, 0) is 18.9 Å². The molecule has 0 N–H and O–H groups in total. The molecule has 0 spiro atoms. The van der Waals surface area contributed by atoms with Crippen LogP contribution in [0.5, 0.6) is 0 Å². The predicted octanol–water partition coefficient (Wildman–Crippen LogP) is 1.16. The van der Waals surface area contributed by atoms with Crippen LogP contribution in [0.1, 0.15) is 20.3 Å². The minimum absolute atomic E-state index is 0.124. The first-order chi connectivity index (χ1) is 9.65. The Balaban J connectivity index is 1.85. The van der Waals surface area contributed by atoms with Gasteiger partial charge in [0.2, 0.25) is 6.54 Å². The standard InChI is InChI=1S/C14H20N2O4/c1-9(4-5-15)19-11-7-17-14-12(8-18-13(11)14)20-10(2)6-16-3/h9-14H,4,6-8H2,1-2H3/t9?,10?,11-,12-,13?,14?/m0/s1. The normalized spacial score (nSPS) is 35.0. The third-order valence-corrected chi connectivity index (χ3v) is 3.50. The number of hydrogen-bond acceptors (Lipinski definition) is 5. The van der Waals surface area contributed by atoms with E-state index in [0.29, 0.717) is 26.2 Å². The monoisotopic (exact) mass is 280 g/mol. The molecule has 2 aliphatic heterocycles. The van der Waals surface area contributed by atoms with E-state index >= 15 is 0 Å². The Morgan fingerprint density at radius 3 is 2.25 bits per heavy atom. The summed E-state index contributed by atoms with van der Waals surface area (Å²) in [5.74, 6) is 0. The molecule has 6 nitrogen and oxygen atoms in total. The maximum absolute atomic E-state index is 8.65. The summed E-state index contributed by atoms with van der Waals surface area (Å²) >= 11 is 0. The lowest BCUT2D eigenvalue weighted by molar-refractivity contribution is -0.0777. The quantitative estimate of drug-likeness (QED) is 0.683. The third-order valence-electron chi connectivity index (χ3n) is 3.50. The van der Waals surface area contributed by atoms with E-state index in [-0.39, 0.29) is 36.6 Å². The van der Waals surface area contributed by atoms with Crippen LogP contribution in [0, 0.1) is 17.9 Å². The van der Waals surface area contributed by atoms with Gasteiger partial charge in [-0.3, -0.25) is 0 Å². The average Bonchev–Trinajstić information content (AvgIpc) is 2.95. The molecule has 6 heteroatoms. The molecule has 110 valence electrons. The summed E-state index contributed by atoms with van der Waals surface area (Å²) in [5.41, 5.74) is 0. The van der Waals surface area contributed by atoms with Gasteiger partial charge in [-0.05, 0) is 13.8 Å². The molecule has 2 fully saturated rings. The van der Waals surface area contributed by atoms with Crippen molar-refractivity contribution in [3.63, 3.8) is 0 Å². The van der Waals surface area contributed by atoms with Gasteiger partial charge in [-0.25, -0.2) is 6.57 Å². The molecule has 2 aliphatic rings. The first-order valence-electron chi connectivity index (χ1n) is 6.90. The Bertz CT molecular complexity index is 365. The second-order valence-electron chi connectivity index (χ2n) is 5.27. The zero-order valence-electron chi connectivity index (χ0n) is 11.8. The van der Waals surface area contributed by atoms with Crippen LogP contribution in [0.15, 0.2) is 0 Å². The van der Waals surface area contributed by atoms with Crippen molar-refractivity contribution in [3.05, 3.63) is 11.4 Å². The molecule has 0 bridgehead atoms. The van der Waals surface area contributed by atoms with Crippen molar-refractivity contribution in [3.8, 4) is 6.07 Å². The second-order valence-corrected chi connectivity index (χ2v) is 5.27. The molecule has 0 radical (unpaired) electrons. The molecule has 0 saturated carbocycles. The van der Waals surface area contributed by atoms with E-state index in [1.165, 1.54) is 0 Å². The van der Waals surface area contributed by atoms with Gasteiger partial charge in [-0.2, -0.15) is 5.26 Å². The first-order valence-corrected chi connectivity index (χ1v) is 6.90. The van der Waals surface area contributed by atoms with Crippen LogP contribution in [0.2, 0.25) is 0 Å².